The first-order valence-electron chi connectivity index (χ1n) is 8.01. The Labute approximate surface area is 145 Å². The number of nitrogens with zero attached hydrogens (tertiary/aromatic N) is 2. The second-order valence-corrected chi connectivity index (χ2v) is 6.73. The van der Waals surface area contributed by atoms with Gasteiger partial charge in [0.05, 0.1) is 12.8 Å². The molecule has 0 spiro atoms. The van der Waals surface area contributed by atoms with E-state index in [0.717, 1.165) is 42.7 Å². The van der Waals surface area contributed by atoms with Crippen molar-refractivity contribution in [3.05, 3.63) is 27.7 Å². The fourth-order valence-corrected chi connectivity index (χ4v) is 3.19. The molecule has 0 radical (unpaired) electrons. The van der Waals surface area contributed by atoms with Crippen molar-refractivity contribution in [3.8, 4) is 0 Å². The average Bonchev–Trinajstić information content (AvgIpc) is 2.58. The summed E-state index contributed by atoms with van der Waals surface area (Å²) in [5.41, 5.74) is 1.58. The minimum atomic E-state index is -0.705. The summed E-state index contributed by atoms with van der Waals surface area (Å²) in [5.74, 6) is -0.183. The Morgan fingerprint density at radius 1 is 1.42 bits per heavy atom. The molecule has 0 saturated heterocycles. The SMILES string of the molecule is COC(=O)C(CCSC)NC(=O)Cn1nc2c(cc1=O)CCCC2. The number of ether oxygens (including phenoxy) is 1. The summed E-state index contributed by atoms with van der Waals surface area (Å²) in [6.07, 6.45) is 6.21. The number of aryl methyl sites for hydroxylation is 2. The Bertz CT molecular complexity index is 659. The molecule has 1 unspecified atom stereocenters. The summed E-state index contributed by atoms with van der Waals surface area (Å²) in [7, 11) is 1.29. The predicted molar refractivity (Wildman–Crippen MR) is 92.1 cm³/mol. The van der Waals surface area contributed by atoms with Crippen LogP contribution in [-0.4, -0.2) is 46.8 Å². The number of carbonyl (C=O) groups excluding carboxylic acids is 2. The zero-order valence-corrected chi connectivity index (χ0v) is 14.9. The van der Waals surface area contributed by atoms with Crippen molar-refractivity contribution < 1.29 is 14.3 Å². The molecule has 2 rings (SSSR count). The Kier molecular flexibility index (Phi) is 6.84. The Morgan fingerprint density at radius 2 is 2.17 bits per heavy atom. The molecule has 0 aliphatic heterocycles. The van der Waals surface area contributed by atoms with E-state index in [9.17, 15) is 14.4 Å². The fourth-order valence-electron chi connectivity index (χ4n) is 2.72. The lowest BCUT2D eigenvalue weighted by Crippen LogP contribution is -2.44. The van der Waals surface area contributed by atoms with E-state index in [1.165, 1.54) is 11.8 Å². The molecule has 0 aromatic carbocycles. The van der Waals surface area contributed by atoms with Crippen LogP contribution in [-0.2, 0) is 33.7 Å². The number of rotatable bonds is 7. The van der Waals surface area contributed by atoms with Crippen LogP contribution in [0, 0.1) is 0 Å². The van der Waals surface area contributed by atoms with E-state index in [-0.39, 0.29) is 12.1 Å². The fraction of sp³-hybridized carbons (Fsp3) is 0.625. The monoisotopic (exact) mass is 353 g/mol. The van der Waals surface area contributed by atoms with E-state index in [1.54, 1.807) is 17.8 Å². The third-order valence-corrected chi connectivity index (χ3v) is 4.64. The third-order valence-electron chi connectivity index (χ3n) is 4.00. The van der Waals surface area contributed by atoms with Gasteiger partial charge in [-0.3, -0.25) is 9.59 Å². The normalized spacial score (nSPS) is 14.6. The number of amides is 1. The minimum absolute atomic E-state index is 0.196. The molecular weight excluding hydrogens is 330 g/mol. The molecular formula is C16H23N3O4S. The molecule has 24 heavy (non-hydrogen) atoms. The highest BCUT2D eigenvalue weighted by Gasteiger charge is 2.22. The van der Waals surface area contributed by atoms with Gasteiger partial charge in [-0.25, -0.2) is 9.48 Å². The van der Waals surface area contributed by atoms with Crippen LogP contribution < -0.4 is 10.9 Å². The van der Waals surface area contributed by atoms with Crippen LogP contribution in [0.15, 0.2) is 10.9 Å². The Morgan fingerprint density at radius 3 is 2.88 bits per heavy atom. The number of hydrogen-bond acceptors (Lipinski definition) is 6. The van der Waals surface area contributed by atoms with E-state index in [1.807, 2.05) is 6.26 Å². The van der Waals surface area contributed by atoms with Crippen LogP contribution in [0.5, 0.6) is 0 Å². The van der Waals surface area contributed by atoms with Gasteiger partial charge in [0.1, 0.15) is 12.6 Å². The van der Waals surface area contributed by atoms with Crippen LogP contribution in [0.4, 0.5) is 0 Å². The van der Waals surface area contributed by atoms with E-state index in [0.29, 0.717) is 6.42 Å². The number of methoxy groups -OCH3 is 1. The van der Waals surface area contributed by atoms with E-state index in [4.69, 9.17) is 4.74 Å². The molecule has 0 saturated carbocycles. The summed E-state index contributed by atoms with van der Waals surface area (Å²) >= 11 is 1.58. The first kappa shape index (κ1) is 18.5. The molecule has 8 heteroatoms. The van der Waals surface area contributed by atoms with Crippen LogP contribution in [0.2, 0.25) is 0 Å². The summed E-state index contributed by atoms with van der Waals surface area (Å²) in [4.78, 5) is 36.0. The van der Waals surface area contributed by atoms with Crippen LogP contribution in [0.3, 0.4) is 0 Å². The van der Waals surface area contributed by atoms with Gasteiger partial charge >= 0.3 is 5.97 Å². The molecule has 1 atom stereocenters. The number of thioether (sulfide) groups is 1. The van der Waals surface area contributed by atoms with E-state index < -0.39 is 17.9 Å². The lowest BCUT2D eigenvalue weighted by atomic mass is 9.97. The van der Waals surface area contributed by atoms with Gasteiger partial charge in [0.2, 0.25) is 5.91 Å². The van der Waals surface area contributed by atoms with Gasteiger partial charge in [-0.05, 0) is 49.7 Å². The second kappa shape index (κ2) is 8.86. The van der Waals surface area contributed by atoms with E-state index in [2.05, 4.69) is 10.4 Å². The number of esters is 1. The number of hydrogen-bond donors (Lipinski definition) is 1. The molecule has 1 heterocycles. The van der Waals surface area contributed by atoms with Crippen molar-refractivity contribution in [3.63, 3.8) is 0 Å². The van der Waals surface area contributed by atoms with Crippen molar-refractivity contribution in [2.24, 2.45) is 0 Å². The molecule has 1 aromatic heterocycles. The van der Waals surface area contributed by atoms with Crippen LogP contribution in [0.25, 0.3) is 0 Å². The van der Waals surface area contributed by atoms with E-state index >= 15 is 0 Å². The lowest BCUT2D eigenvalue weighted by molar-refractivity contribution is -0.145. The van der Waals surface area contributed by atoms with Crippen LogP contribution in [0.1, 0.15) is 30.5 Å². The highest BCUT2D eigenvalue weighted by molar-refractivity contribution is 7.98. The first-order chi connectivity index (χ1) is 11.5. The molecule has 1 aliphatic rings. The second-order valence-electron chi connectivity index (χ2n) is 5.74. The molecule has 0 bridgehead atoms. The predicted octanol–water partition coefficient (Wildman–Crippen LogP) is 0.533. The maximum Gasteiger partial charge on any atom is 0.328 e. The van der Waals surface area contributed by atoms with Crippen molar-refractivity contribution >= 4 is 23.6 Å². The van der Waals surface area contributed by atoms with Gasteiger partial charge in [-0.2, -0.15) is 16.9 Å². The largest absolute Gasteiger partial charge is 0.467 e. The number of nitrogens with one attached hydrogen (secondary N) is 1. The van der Waals surface area contributed by atoms with Gasteiger partial charge in [0.15, 0.2) is 0 Å². The van der Waals surface area contributed by atoms with Gasteiger partial charge in [-0.1, -0.05) is 0 Å². The van der Waals surface area contributed by atoms with Crippen molar-refractivity contribution in [2.45, 2.75) is 44.7 Å². The number of aromatic nitrogens is 2. The standard InChI is InChI=1S/C16H23N3O4S/c1-23-16(22)13(7-8-24-2)17-14(20)10-19-15(21)9-11-5-3-4-6-12(11)18-19/h9,13H,3-8,10H2,1-2H3,(H,17,20). The summed E-state index contributed by atoms with van der Waals surface area (Å²) < 4.78 is 5.88. The van der Waals surface area contributed by atoms with Gasteiger partial charge in [-0.15, -0.1) is 0 Å². The quantitative estimate of drug-likeness (QED) is 0.719. The first-order valence-corrected chi connectivity index (χ1v) is 9.40. The Hall–Kier alpha value is -1.83. The van der Waals surface area contributed by atoms with Crippen molar-refractivity contribution in [1.82, 2.24) is 15.1 Å². The Balaban J connectivity index is 2.05. The van der Waals surface area contributed by atoms with Gasteiger partial charge in [0.25, 0.3) is 5.56 Å². The summed E-state index contributed by atoms with van der Waals surface area (Å²) in [6.45, 7) is -0.196. The van der Waals surface area contributed by atoms with Crippen molar-refractivity contribution in [2.75, 3.05) is 19.1 Å². The van der Waals surface area contributed by atoms with Gasteiger partial charge in [0, 0.05) is 6.07 Å². The van der Waals surface area contributed by atoms with Gasteiger partial charge < -0.3 is 10.1 Å². The third kappa shape index (κ3) is 4.83. The number of carbonyl (C=O) groups is 2. The highest BCUT2D eigenvalue weighted by atomic mass is 32.2. The molecule has 1 aliphatic carbocycles. The van der Waals surface area contributed by atoms with Crippen LogP contribution >= 0.6 is 11.8 Å². The smallest absolute Gasteiger partial charge is 0.328 e. The average molecular weight is 353 g/mol. The summed E-state index contributed by atoms with van der Waals surface area (Å²) in [6, 6.07) is 0.864. The number of fused-ring (bicyclic) bond motifs is 1. The molecule has 132 valence electrons. The lowest BCUT2D eigenvalue weighted by Gasteiger charge is -2.18. The zero-order valence-electron chi connectivity index (χ0n) is 14.0. The maximum absolute atomic E-state index is 12.2. The van der Waals surface area contributed by atoms with Crippen molar-refractivity contribution in [1.29, 1.82) is 0 Å². The maximum atomic E-state index is 12.2. The summed E-state index contributed by atoms with van der Waals surface area (Å²) in [5, 5.41) is 6.94. The molecule has 0 fully saturated rings. The highest BCUT2D eigenvalue weighted by Crippen LogP contribution is 2.16. The zero-order chi connectivity index (χ0) is 17.5. The molecule has 1 aromatic rings. The molecule has 7 nitrogen and oxygen atoms in total. The molecule has 1 N–H and O–H groups in total. The topological polar surface area (TPSA) is 90.3 Å². The molecule has 1 amide bonds. The minimum Gasteiger partial charge on any atom is -0.467 e.